The Morgan fingerprint density at radius 2 is 1.72 bits per heavy atom. The molecule has 2 heterocycles. The van der Waals surface area contributed by atoms with E-state index < -0.39 is 0 Å². The van der Waals surface area contributed by atoms with Gasteiger partial charge in [0.2, 0.25) is 0 Å². The molecule has 5 nitrogen and oxygen atoms in total. The van der Waals surface area contributed by atoms with E-state index in [1.807, 2.05) is 12.1 Å². The van der Waals surface area contributed by atoms with Crippen LogP contribution < -0.4 is 15.8 Å². The first-order valence-corrected chi connectivity index (χ1v) is 5.89. The van der Waals surface area contributed by atoms with Crippen molar-refractivity contribution in [3.05, 3.63) is 42.2 Å². The molecule has 1 aromatic heterocycles. The molecule has 0 saturated heterocycles. The number of rotatable bonds is 1. The van der Waals surface area contributed by atoms with Crippen LogP contribution in [0.5, 0.6) is 0 Å². The molecule has 2 aromatic rings. The zero-order valence-electron chi connectivity index (χ0n) is 10.4. The molecule has 18 heavy (non-hydrogen) atoms. The van der Waals surface area contributed by atoms with E-state index in [9.17, 15) is 0 Å². The highest BCUT2D eigenvalue weighted by Gasteiger charge is 2.33. The number of benzene rings is 1. The number of aryl methyl sites for hydroxylation is 1. The molecule has 0 unspecified atom stereocenters. The van der Waals surface area contributed by atoms with Gasteiger partial charge in [-0.25, -0.2) is 5.84 Å². The molecular formula is C13H15N5. The van der Waals surface area contributed by atoms with Crippen molar-refractivity contribution in [1.29, 1.82) is 0 Å². The third kappa shape index (κ3) is 1.44. The molecular weight excluding hydrogens is 226 g/mol. The van der Waals surface area contributed by atoms with Gasteiger partial charge in [-0.1, -0.05) is 18.2 Å². The van der Waals surface area contributed by atoms with Crippen molar-refractivity contribution in [3.8, 4) is 0 Å². The Morgan fingerprint density at radius 1 is 1.06 bits per heavy atom. The second-order valence-electron chi connectivity index (χ2n) is 4.46. The molecule has 0 radical (unpaired) electrons. The minimum Gasteiger partial charge on any atom is -0.316 e. The van der Waals surface area contributed by atoms with Crippen LogP contribution in [0.1, 0.15) is 12.5 Å². The molecule has 5 heteroatoms. The molecule has 92 valence electrons. The van der Waals surface area contributed by atoms with Crippen molar-refractivity contribution in [2.24, 2.45) is 5.84 Å². The number of hydrogen-bond acceptors (Lipinski definition) is 5. The third-order valence-electron chi connectivity index (χ3n) is 3.38. The zero-order chi connectivity index (χ0) is 12.7. The molecule has 1 aromatic carbocycles. The molecule has 0 saturated carbocycles. The summed E-state index contributed by atoms with van der Waals surface area (Å²) in [4.78, 5) is 2.18. The highest BCUT2D eigenvalue weighted by Crippen LogP contribution is 2.42. The van der Waals surface area contributed by atoms with Crippen molar-refractivity contribution in [2.45, 2.75) is 20.0 Å². The van der Waals surface area contributed by atoms with Gasteiger partial charge in [-0.3, -0.25) is 5.01 Å². The van der Waals surface area contributed by atoms with Crippen LogP contribution in [-0.4, -0.2) is 16.4 Å². The number of nitrogens with zero attached hydrogens (tertiary/aromatic N) is 4. The summed E-state index contributed by atoms with van der Waals surface area (Å²) in [6.07, 6.45) is 3.50. The summed E-state index contributed by atoms with van der Waals surface area (Å²) in [7, 11) is 0. The summed E-state index contributed by atoms with van der Waals surface area (Å²) in [5.74, 6) is 6.09. The summed E-state index contributed by atoms with van der Waals surface area (Å²) in [6.45, 7) is 4.15. The Kier molecular flexibility index (Phi) is 2.41. The predicted octanol–water partition coefficient (Wildman–Crippen LogP) is 1.96. The lowest BCUT2D eigenvalue weighted by Gasteiger charge is -2.28. The second-order valence-corrected chi connectivity index (χ2v) is 4.46. The van der Waals surface area contributed by atoms with Gasteiger partial charge in [-0.2, -0.15) is 10.2 Å². The molecule has 2 N–H and O–H groups in total. The van der Waals surface area contributed by atoms with Crippen LogP contribution in [0.3, 0.4) is 0 Å². The van der Waals surface area contributed by atoms with Gasteiger partial charge in [0.05, 0.1) is 23.8 Å². The van der Waals surface area contributed by atoms with Crippen LogP contribution in [-0.2, 0) is 0 Å². The second kappa shape index (κ2) is 3.96. The normalized spacial score (nSPS) is 18.1. The standard InChI is InChI=1S/C13H15N5/c1-9-5-3-4-6-11(9)17-10(2)18(14)13-8-16-15-7-12(13)17/h3-8,10H,14H2,1-2H3/t10-/m1/s1. The van der Waals surface area contributed by atoms with Gasteiger partial charge < -0.3 is 4.90 Å². The first-order valence-electron chi connectivity index (χ1n) is 5.89. The SMILES string of the molecule is Cc1ccccc1N1c2cnncc2N(N)[C@@H]1C. The Bertz CT molecular complexity index is 583. The maximum absolute atomic E-state index is 6.09. The first kappa shape index (κ1) is 11.0. The summed E-state index contributed by atoms with van der Waals surface area (Å²) < 4.78 is 0. The number of fused-ring (bicyclic) bond motifs is 1. The molecule has 0 amide bonds. The number of aromatic nitrogens is 2. The molecule has 0 fully saturated rings. The van der Waals surface area contributed by atoms with Crippen molar-refractivity contribution < 1.29 is 0 Å². The van der Waals surface area contributed by atoms with E-state index in [-0.39, 0.29) is 6.17 Å². The fraction of sp³-hybridized carbons (Fsp3) is 0.231. The van der Waals surface area contributed by atoms with Crippen molar-refractivity contribution in [2.75, 3.05) is 9.91 Å². The zero-order valence-corrected chi connectivity index (χ0v) is 10.4. The predicted molar refractivity (Wildman–Crippen MR) is 71.5 cm³/mol. The fourth-order valence-corrected chi connectivity index (χ4v) is 2.38. The molecule has 1 atom stereocenters. The molecule has 0 aliphatic carbocycles. The average molecular weight is 241 g/mol. The maximum atomic E-state index is 6.09. The van der Waals surface area contributed by atoms with Crippen LogP contribution in [0.15, 0.2) is 36.7 Å². The van der Waals surface area contributed by atoms with E-state index in [1.165, 1.54) is 5.56 Å². The summed E-state index contributed by atoms with van der Waals surface area (Å²) >= 11 is 0. The minimum atomic E-state index is 0.0482. The highest BCUT2D eigenvalue weighted by molar-refractivity contribution is 5.82. The summed E-state index contributed by atoms with van der Waals surface area (Å²) in [5, 5.41) is 9.57. The largest absolute Gasteiger partial charge is 0.316 e. The number of hydrazine groups is 1. The number of anilines is 3. The van der Waals surface area contributed by atoms with Gasteiger partial charge in [-0.05, 0) is 25.5 Å². The van der Waals surface area contributed by atoms with E-state index in [0.717, 1.165) is 17.1 Å². The number of nitrogens with two attached hydrogens (primary N) is 1. The van der Waals surface area contributed by atoms with E-state index >= 15 is 0 Å². The number of para-hydroxylation sites is 1. The van der Waals surface area contributed by atoms with E-state index in [1.54, 1.807) is 17.4 Å². The van der Waals surface area contributed by atoms with E-state index in [0.29, 0.717) is 0 Å². The first-order chi connectivity index (χ1) is 8.70. The third-order valence-corrected chi connectivity index (χ3v) is 3.38. The molecule has 1 aliphatic rings. The number of hydrogen-bond donors (Lipinski definition) is 1. The monoisotopic (exact) mass is 241 g/mol. The molecule has 3 rings (SSSR count). The van der Waals surface area contributed by atoms with Crippen LogP contribution in [0.2, 0.25) is 0 Å². The van der Waals surface area contributed by atoms with Crippen LogP contribution >= 0.6 is 0 Å². The van der Waals surface area contributed by atoms with Gasteiger partial charge in [0, 0.05) is 5.69 Å². The van der Waals surface area contributed by atoms with Gasteiger partial charge in [0.1, 0.15) is 6.17 Å². The highest BCUT2D eigenvalue weighted by atomic mass is 15.6. The van der Waals surface area contributed by atoms with Crippen molar-refractivity contribution in [1.82, 2.24) is 10.2 Å². The summed E-state index contributed by atoms with van der Waals surface area (Å²) in [6, 6.07) is 8.25. The summed E-state index contributed by atoms with van der Waals surface area (Å²) in [5.41, 5.74) is 4.25. The molecule has 0 bridgehead atoms. The van der Waals surface area contributed by atoms with E-state index in [2.05, 4.69) is 41.1 Å². The fourth-order valence-electron chi connectivity index (χ4n) is 2.38. The van der Waals surface area contributed by atoms with Gasteiger partial charge in [0.15, 0.2) is 0 Å². The Labute approximate surface area is 106 Å². The minimum absolute atomic E-state index is 0.0482. The topological polar surface area (TPSA) is 58.3 Å². The van der Waals surface area contributed by atoms with Gasteiger partial charge in [-0.15, -0.1) is 0 Å². The van der Waals surface area contributed by atoms with Gasteiger partial charge in [0.25, 0.3) is 0 Å². The Morgan fingerprint density at radius 3 is 2.44 bits per heavy atom. The maximum Gasteiger partial charge on any atom is 0.118 e. The molecule has 0 spiro atoms. The average Bonchev–Trinajstić information content (AvgIpc) is 2.64. The smallest absolute Gasteiger partial charge is 0.118 e. The quantitative estimate of drug-likeness (QED) is 0.773. The lowest BCUT2D eigenvalue weighted by molar-refractivity contribution is 0.697. The van der Waals surface area contributed by atoms with Crippen LogP contribution in [0.4, 0.5) is 17.1 Å². The lowest BCUT2D eigenvalue weighted by atomic mass is 10.1. The van der Waals surface area contributed by atoms with Gasteiger partial charge >= 0.3 is 0 Å². The van der Waals surface area contributed by atoms with Crippen LogP contribution in [0.25, 0.3) is 0 Å². The van der Waals surface area contributed by atoms with Crippen molar-refractivity contribution >= 4 is 17.1 Å². The Balaban J connectivity index is 2.16. The Hall–Kier alpha value is -2.14. The van der Waals surface area contributed by atoms with E-state index in [4.69, 9.17) is 5.84 Å². The van der Waals surface area contributed by atoms with Crippen LogP contribution in [0, 0.1) is 6.92 Å². The molecule has 1 aliphatic heterocycles. The lowest BCUT2D eigenvalue weighted by Crippen LogP contribution is -2.43. The van der Waals surface area contributed by atoms with Crippen molar-refractivity contribution in [3.63, 3.8) is 0 Å².